The minimum atomic E-state index is -0.522. The molecule has 0 unspecified atom stereocenters. The van der Waals surface area contributed by atoms with Gasteiger partial charge < -0.3 is 14.4 Å². The SMILES string of the molecule is COCCN(Cc1nc(C(=O)OC)cs1)C(=O)c1ccc(F)cc1. The Bertz CT molecular complexity index is 702. The Labute approximate surface area is 142 Å². The summed E-state index contributed by atoms with van der Waals surface area (Å²) in [7, 11) is 2.82. The van der Waals surface area contributed by atoms with Crippen LogP contribution in [0.4, 0.5) is 4.39 Å². The summed E-state index contributed by atoms with van der Waals surface area (Å²) >= 11 is 1.26. The van der Waals surface area contributed by atoms with Crippen LogP contribution in [0.25, 0.3) is 0 Å². The van der Waals surface area contributed by atoms with Crippen molar-refractivity contribution < 1.29 is 23.5 Å². The number of carbonyl (C=O) groups excluding carboxylic acids is 2. The van der Waals surface area contributed by atoms with E-state index >= 15 is 0 Å². The van der Waals surface area contributed by atoms with Crippen LogP contribution < -0.4 is 0 Å². The molecule has 8 heteroatoms. The van der Waals surface area contributed by atoms with Gasteiger partial charge in [0.25, 0.3) is 5.91 Å². The van der Waals surface area contributed by atoms with E-state index in [0.717, 1.165) is 0 Å². The monoisotopic (exact) mass is 352 g/mol. The Morgan fingerprint density at radius 2 is 1.96 bits per heavy atom. The molecule has 0 radical (unpaired) electrons. The minimum absolute atomic E-state index is 0.207. The van der Waals surface area contributed by atoms with Crippen molar-refractivity contribution in [2.75, 3.05) is 27.4 Å². The third kappa shape index (κ3) is 4.59. The van der Waals surface area contributed by atoms with Gasteiger partial charge in [-0.2, -0.15) is 0 Å². The number of esters is 1. The van der Waals surface area contributed by atoms with E-state index in [9.17, 15) is 14.0 Å². The molecule has 0 bridgehead atoms. The number of rotatable bonds is 7. The summed E-state index contributed by atoms with van der Waals surface area (Å²) in [4.78, 5) is 29.8. The third-order valence-electron chi connectivity index (χ3n) is 3.22. The van der Waals surface area contributed by atoms with E-state index in [-0.39, 0.29) is 18.1 Å². The molecule has 1 heterocycles. The molecule has 24 heavy (non-hydrogen) atoms. The average Bonchev–Trinajstić information content (AvgIpc) is 3.06. The van der Waals surface area contributed by atoms with Crippen molar-refractivity contribution in [3.8, 4) is 0 Å². The second-order valence-electron chi connectivity index (χ2n) is 4.84. The first kappa shape index (κ1) is 18.0. The number of thiazole rings is 1. The number of ether oxygens (including phenoxy) is 2. The van der Waals surface area contributed by atoms with Crippen LogP contribution in [0, 0.1) is 5.82 Å². The highest BCUT2D eigenvalue weighted by Crippen LogP contribution is 2.15. The maximum Gasteiger partial charge on any atom is 0.357 e. The van der Waals surface area contributed by atoms with Gasteiger partial charge in [0, 0.05) is 24.6 Å². The summed E-state index contributed by atoms with van der Waals surface area (Å²) in [6.07, 6.45) is 0. The van der Waals surface area contributed by atoms with Crippen LogP contribution in [-0.2, 0) is 16.0 Å². The number of hydrogen-bond donors (Lipinski definition) is 0. The van der Waals surface area contributed by atoms with Gasteiger partial charge in [0.15, 0.2) is 5.69 Å². The van der Waals surface area contributed by atoms with E-state index in [2.05, 4.69) is 9.72 Å². The number of halogens is 1. The Morgan fingerprint density at radius 3 is 2.58 bits per heavy atom. The van der Waals surface area contributed by atoms with Crippen molar-refractivity contribution >= 4 is 23.2 Å². The fourth-order valence-corrected chi connectivity index (χ4v) is 2.75. The molecular weight excluding hydrogens is 335 g/mol. The molecule has 0 spiro atoms. The van der Waals surface area contributed by atoms with Crippen LogP contribution in [0.1, 0.15) is 25.9 Å². The zero-order valence-corrected chi connectivity index (χ0v) is 14.1. The number of hydrogen-bond acceptors (Lipinski definition) is 6. The third-order valence-corrected chi connectivity index (χ3v) is 4.05. The molecule has 2 aromatic rings. The summed E-state index contributed by atoms with van der Waals surface area (Å²) in [6, 6.07) is 5.33. The molecular formula is C16H17FN2O4S. The van der Waals surface area contributed by atoms with E-state index in [1.165, 1.54) is 47.6 Å². The molecule has 0 atom stereocenters. The van der Waals surface area contributed by atoms with Crippen LogP contribution >= 0.6 is 11.3 Å². The molecule has 0 fully saturated rings. The molecule has 0 saturated carbocycles. The topological polar surface area (TPSA) is 68.7 Å². The van der Waals surface area contributed by atoms with Crippen molar-refractivity contribution in [3.63, 3.8) is 0 Å². The van der Waals surface area contributed by atoms with Crippen molar-refractivity contribution in [2.24, 2.45) is 0 Å². The lowest BCUT2D eigenvalue weighted by molar-refractivity contribution is 0.0594. The molecule has 0 N–H and O–H groups in total. The predicted octanol–water partition coefficient (Wildman–Crippen LogP) is 2.36. The van der Waals surface area contributed by atoms with Gasteiger partial charge in [-0.1, -0.05) is 0 Å². The Balaban J connectivity index is 2.15. The largest absolute Gasteiger partial charge is 0.464 e. The fraction of sp³-hybridized carbons (Fsp3) is 0.312. The standard InChI is InChI=1S/C16H17FN2O4S/c1-22-8-7-19(15(20)11-3-5-12(17)6-4-11)9-14-18-13(10-24-14)16(21)23-2/h3-6,10H,7-9H2,1-2H3. The van der Waals surface area contributed by atoms with Gasteiger partial charge in [-0.25, -0.2) is 14.2 Å². The van der Waals surface area contributed by atoms with Crippen LogP contribution in [0.15, 0.2) is 29.6 Å². The minimum Gasteiger partial charge on any atom is -0.464 e. The van der Waals surface area contributed by atoms with Gasteiger partial charge in [0.05, 0.1) is 20.3 Å². The van der Waals surface area contributed by atoms with Gasteiger partial charge >= 0.3 is 5.97 Å². The van der Waals surface area contributed by atoms with Crippen LogP contribution in [0.3, 0.4) is 0 Å². The molecule has 6 nitrogen and oxygen atoms in total. The van der Waals surface area contributed by atoms with Crippen LogP contribution in [-0.4, -0.2) is 49.1 Å². The van der Waals surface area contributed by atoms with Crippen LogP contribution in [0.5, 0.6) is 0 Å². The quantitative estimate of drug-likeness (QED) is 0.716. The van der Waals surface area contributed by atoms with Gasteiger partial charge in [0.1, 0.15) is 10.8 Å². The van der Waals surface area contributed by atoms with Crippen molar-refractivity contribution in [2.45, 2.75) is 6.54 Å². The average molecular weight is 352 g/mol. The summed E-state index contributed by atoms with van der Waals surface area (Å²) < 4.78 is 22.7. The molecule has 0 saturated heterocycles. The smallest absolute Gasteiger partial charge is 0.357 e. The number of nitrogens with zero attached hydrogens (tertiary/aromatic N) is 2. The van der Waals surface area contributed by atoms with Crippen molar-refractivity contribution in [3.05, 3.63) is 51.7 Å². The summed E-state index contributed by atoms with van der Waals surface area (Å²) in [5.74, 6) is -1.19. The van der Waals surface area contributed by atoms with Crippen LogP contribution in [0.2, 0.25) is 0 Å². The molecule has 1 aromatic carbocycles. The Kier molecular flexibility index (Phi) is 6.39. The number of carbonyl (C=O) groups is 2. The van der Waals surface area contributed by atoms with E-state index in [0.29, 0.717) is 23.7 Å². The maximum atomic E-state index is 13.0. The molecule has 1 amide bonds. The molecule has 0 aliphatic carbocycles. The number of aromatic nitrogens is 1. The second kappa shape index (κ2) is 8.51. The molecule has 0 aliphatic heterocycles. The van der Waals surface area contributed by atoms with E-state index < -0.39 is 11.8 Å². The van der Waals surface area contributed by atoms with Gasteiger partial charge in [-0.3, -0.25) is 4.79 Å². The lowest BCUT2D eigenvalue weighted by atomic mass is 10.2. The predicted molar refractivity (Wildman–Crippen MR) is 86.5 cm³/mol. The second-order valence-corrected chi connectivity index (χ2v) is 5.79. The highest BCUT2D eigenvalue weighted by Gasteiger charge is 2.19. The normalized spacial score (nSPS) is 10.5. The van der Waals surface area contributed by atoms with E-state index in [1.807, 2.05) is 0 Å². The first-order valence-electron chi connectivity index (χ1n) is 7.11. The van der Waals surface area contributed by atoms with E-state index in [1.54, 1.807) is 12.5 Å². The summed E-state index contributed by atoms with van der Waals surface area (Å²) in [6.45, 7) is 0.920. The first-order chi connectivity index (χ1) is 11.5. The molecule has 2 rings (SSSR count). The zero-order valence-electron chi connectivity index (χ0n) is 13.3. The molecule has 0 aliphatic rings. The number of benzene rings is 1. The number of amides is 1. The highest BCUT2D eigenvalue weighted by atomic mass is 32.1. The first-order valence-corrected chi connectivity index (χ1v) is 7.99. The van der Waals surface area contributed by atoms with Gasteiger partial charge in [-0.15, -0.1) is 11.3 Å². The molecule has 128 valence electrons. The summed E-state index contributed by atoms with van der Waals surface area (Å²) in [5, 5.41) is 2.18. The zero-order chi connectivity index (χ0) is 17.5. The fourth-order valence-electron chi connectivity index (χ4n) is 1.97. The van der Waals surface area contributed by atoms with Crippen molar-refractivity contribution in [1.29, 1.82) is 0 Å². The Hall–Kier alpha value is -2.32. The van der Waals surface area contributed by atoms with Gasteiger partial charge in [0.2, 0.25) is 0 Å². The lowest BCUT2D eigenvalue weighted by Gasteiger charge is -2.21. The molecule has 1 aromatic heterocycles. The number of methoxy groups -OCH3 is 2. The summed E-state index contributed by atoms with van der Waals surface area (Å²) in [5.41, 5.74) is 0.579. The maximum absolute atomic E-state index is 13.0. The van der Waals surface area contributed by atoms with Crippen molar-refractivity contribution in [1.82, 2.24) is 9.88 Å². The highest BCUT2D eigenvalue weighted by molar-refractivity contribution is 7.09. The Morgan fingerprint density at radius 1 is 1.25 bits per heavy atom. The lowest BCUT2D eigenvalue weighted by Crippen LogP contribution is -2.33. The van der Waals surface area contributed by atoms with Gasteiger partial charge in [-0.05, 0) is 24.3 Å². The van der Waals surface area contributed by atoms with E-state index in [4.69, 9.17) is 4.74 Å².